The number of aromatic nitrogens is 4. The highest BCUT2D eigenvalue weighted by Crippen LogP contribution is 2.52. The number of nitrogens with one attached hydrogen (secondary N) is 2. The van der Waals surface area contributed by atoms with Crippen LogP contribution in [-0.4, -0.2) is 87.2 Å². The van der Waals surface area contributed by atoms with Crippen LogP contribution in [0.4, 0.5) is 0 Å². The summed E-state index contributed by atoms with van der Waals surface area (Å²) in [5, 5.41) is 11.1. The lowest BCUT2D eigenvalue weighted by Crippen LogP contribution is -2.35. The van der Waals surface area contributed by atoms with E-state index < -0.39 is 84.2 Å². The van der Waals surface area contributed by atoms with Crippen LogP contribution < -0.4 is 34.0 Å². The topological polar surface area (TPSA) is 245 Å². The van der Waals surface area contributed by atoms with E-state index in [1.54, 1.807) is 6.92 Å². The van der Waals surface area contributed by atoms with Gasteiger partial charge in [-0.15, -0.1) is 0 Å². The highest BCUT2D eigenvalue weighted by atomic mass is 31.2. The van der Waals surface area contributed by atoms with Crippen molar-refractivity contribution in [2.45, 2.75) is 116 Å². The lowest BCUT2D eigenvalue weighted by molar-refractivity contribution is -0.0921. The highest BCUT2D eigenvalue weighted by molar-refractivity contribution is 7.53. The number of hydrogen-bond donors (Lipinski definition) is 5. The Labute approximate surface area is 302 Å². The number of nitrogens with two attached hydrogens (primary N) is 2. The van der Waals surface area contributed by atoms with Crippen molar-refractivity contribution < 1.29 is 32.9 Å². The van der Waals surface area contributed by atoms with Crippen LogP contribution in [0.5, 0.6) is 0 Å². The summed E-state index contributed by atoms with van der Waals surface area (Å²) in [6.07, 6.45) is -0.934. The summed E-state index contributed by atoms with van der Waals surface area (Å²) in [6, 6.07) is 0. The second kappa shape index (κ2) is 17.6. The maximum atomic E-state index is 14.0. The van der Waals surface area contributed by atoms with Crippen LogP contribution in [0.1, 0.15) is 84.1 Å². The van der Waals surface area contributed by atoms with Crippen LogP contribution in [0.15, 0.2) is 31.6 Å². The molecule has 2 aromatic heterocycles. The Bertz CT molecular complexity index is 1790. The van der Waals surface area contributed by atoms with Gasteiger partial charge in [0.15, 0.2) is 0 Å². The van der Waals surface area contributed by atoms with Gasteiger partial charge in [-0.2, -0.15) is 0 Å². The van der Waals surface area contributed by atoms with E-state index in [0.717, 1.165) is 6.42 Å². The van der Waals surface area contributed by atoms with Crippen molar-refractivity contribution in [2.24, 2.45) is 29.2 Å². The zero-order valence-corrected chi connectivity index (χ0v) is 32.1. The van der Waals surface area contributed by atoms with Gasteiger partial charge < -0.3 is 49.0 Å². The molecule has 0 aromatic carbocycles. The van der Waals surface area contributed by atoms with Crippen molar-refractivity contribution in [3.8, 4) is 0 Å². The molecule has 52 heavy (non-hydrogen) atoms. The molecule has 18 heteroatoms. The molecule has 294 valence electrons. The van der Waals surface area contributed by atoms with Crippen LogP contribution in [0, 0.1) is 17.8 Å². The number of ether oxygens (including phenoxy) is 3. The molecule has 0 aliphatic carbocycles. The molecule has 2 aromatic rings. The van der Waals surface area contributed by atoms with Crippen molar-refractivity contribution in [3.05, 3.63) is 65.2 Å². The number of rotatable bonds is 18. The van der Waals surface area contributed by atoms with Gasteiger partial charge in [0, 0.05) is 44.0 Å². The standard InChI is InChI=1S/C34H57N6O11P/c1-19(2)14-34(5,6)47-17-24-20(3)28(29(49-24)23-16-40(13-9-11-36)33(45)38-31(23)43)51-52(7,46)48-18-25-26(41)21(4)27(50-25)22-15-39(12-8-10-35)32(44)37-30(22)42/h15-16,19-21,24-29,41H,8-14,17-18,35-36H2,1-7H3,(H,37,42,44)(H,38,43,45)/t20?,21-,24+,25+,26?,27+,28-,29-,52?/m0/s1. The molecule has 2 fully saturated rings. The van der Waals surface area contributed by atoms with Gasteiger partial charge in [-0.05, 0) is 52.1 Å². The number of aliphatic hydroxyl groups excluding tert-OH is 1. The van der Waals surface area contributed by atoms with Gasteiger partial charge in [-0.3, -0.25) is 24.1 Å². The second-order valence-corrected chi connectivity index (χ2v) is 17.1. The molecule has 4 heterocycles. The first-order valence-corrected chi connectivity index (χ1v) is 20.0. The fourth-order valence-electron chi connectivity index (χ4n) is 7.00. The predicted molar refractivity (Wildman–Crippen MR) is 193 cm³/mol. The fourth-order valence-corrected chi connectivity index (χ4v) is 8.22. The number of aromatic amines is 2. The summed E-state index contributed by atoms with van der Waals surface area (Å²) in [4.78, 5) is 55.5. The Hall–Kier alpha value is -2.73. The maximum absolute atomic E-state index is 14.0. The minimum Gasteiger partial charge on any atom is -0.390 e. The number of hydrogen-bond acceptors (Lipinski definition) is 13. The Balaban J connectivity index is 1.55. The van der Waals surface area contributed by atoms with Gasteiger partial charge in [0.1, 0.15) is 18.3 Å². The molecule has 2 saturated heterocycles. The third-order valence-corrected chi connectivity index (χ3v) is 10.9. The molecule has 0 bridgehead atoms. The Morgan fingerprint density at radius 3 is 1.92 bits per heavy atom. The highest BCUT2D eigenvalue weighted by Gasteiger charge is 2.49. The van der Waals surface area contributed by atoms with Crippen molar-refractivity contribution in [3.63, 3.8) is 0 Å². The summed E-state index contributed by atoms with van der Waals surface area (Å²) in [5.41, 5.74) is 8.57. The minimum absolute atomic E-state index is 0.113. The molecular formula is C34H57N6O11P. The van der Waals surface area contributed by atoms with E-state index in [4.69, 9.17) is 34.7 Å². The van der Waals surface area contributed by atoms with E-state index in [1.807, 2.05) is 20.8 Å². The van der Waals surface area contributed by atoms with Crippen LogP contribution >= 0.6 is 7.60 Å². The Kier molecular flexibility index (Phi) is 14.2. The third-order valence-electron chi connectivity index (χ3n) is 9.66. The van der Waals surface area contributed by atoms with Gasteiger partial charge >= 0.3 is 19.0 Å². The number of aliphatic hydroxyl groups is 1. The van der Waals surface area contributed by atoms with Gasteiger partial charge in [-0.1, -0.05) is 27.7 Å². The van der Waals surface area contributed by atoms with Crippen molar-refractivity contribution in [1.29, 1.82) is 0 Å². The number of nitrogens with zero attached hydrogens (tertiary/aromatic N) is 2. The monoisotopic (exact) mass is 756 g/mol. The van der Waals surface area contributed by atoms with Crippen LogP contribution in [-0.2, 0) is 40.9 Å². The van der Waals surface area contributed by atoms with Crippen molar-refractivity contribution in [2.75, 3.05) is 33.0 Å². The summed E-state index contributed by atoms with van der Waals surface area (Å²) in [7, 11) is -3.95. The Morgan fingerprint density at radius 2 is 1.40 bits per heavy atom. The van der Waals surface area contributed by atoms with Crippen LogP contribution in [0.3, 0.4) is 0 Å². The molecule has 3 unspecified atom stereocenters. The molecule has 17 nitrogen and oxygen atoms in total. The molecular weight excluding hydrogens is 699 g/mol. The quantitative estimate of drug-likeness (QED) is 0.135. The predicted octanol–water partition coefficient (Wildman–Crippen LogP) is 1.36. The van der Waals surface area contributed by atoms with E-state index in [2.05, 4.69) is 23.8 Å². The molecule has 9 atom stereocenters. The average Bonchev–Trinajstić information content (AvgIpc) is 3.51. The van der Waals surface area contributed by atoms with E-state index in [-0.39, 0.29) is 30.9 Å². The second-order valence-electron chi connectivity index (χ2n) is 15.1. The van der Waals surface area contributed by atoms with Crippen LogP contribution in [0.2, 0.25) is 0 Å². The Morgan fingerprint density at radius 1 is 0.885 bits per heavy atom. The first-order chi connectivity index (χ1) is 24.4. The zero-order chi connectivity index (χ0) is 38.5. The lowest BCUT2D eigenvalue weighted by Gasteiger charge is -2.30. The van der Waals surface area contributed by atoms with Gasteiger partial charge in [-0.25, -0.2) is 9.59 Å². The first-order valence-electron chi connectivity index (χ1n) is 18.0. The fraction of sp³-hybridized carbons (Fsp3) is 0.765. The van der Waals surface area contributed by atoms with E-state index in [1.165, 1.54) is 28.2 Å². The molecule has 2 aliphatic rings. The van der Waals surface area contributed by atoms with Gasteiger partial charge in [0.25, 0.3) is 11.1 Å². The van der Waals surface area contributed by atoms with Gasteiger partial charge in [0.05, 0.1) is 48.3 Å². The summed E-state index contributed by atoms with van der Waals surface area (Å²) >= 11 is 0. The molecule has 4 rings (SSSR count). The number of H-pyrrole nitrogens is 2. The smallest absolute Gasteiger partial charge is 0.328 e. The van der Waals surface area contributed by atoms with Gasteiger partial charge in [0.2, 0.25) is 0 Å². The van der Waals surface area contributed by atoms with Crippen molar-refractivity contribution in [1.82, 2.24) is 19.1 Å². The maximum Gasteiger partial charge on any atom is 0.328 e. The van der Waals surface area contributed by atoms with E-state index in [0.29, 0.717) is 38.4 Å². The van der Waals surface area contributed by atoms with Crippen LogP contribution in [0.25, 0.3) is 0 Å². The van der Waals surface area contributed by atoms with E-state index in [9.17, 15) is 28.8 Å². The molecule has 2 aliphatic heterocycles. The molecule has 0 amide bonds. The van der Waals surface area contributed by atoms with E-state index >= 15 is 0 Å². The largest absolute Gasteiger partial charge is 0.390 e. The normalized spacial score (nSPS) is 27.8. The lowest BCUT2D eigenvalue weighted by atomic mass is 9.94. The summed E-state index contributed by atoms with van der Waals surface area (Å²) in [5.74, 6) is -0.642. The molecule has 0 spiro atoms. The zero-order valence-electron chi connectivity index (χ0n) is 31.2. The average molecular weight is 757 g/mol. The molecule has 7 N–H and O–H groups in total. The third kappa shape index (κ3) is 10.3. The first kappa shape index (κ1) is 42.0. The summed E-state index contributed by atoms with van der Waals surface area (Å²) < 4.78 is 47.4. The number of aryl methyl sites for hydroxylation is 2. The molecule has 0 saturated carbocycles. The summed E-state index contributed by atoms with van der Waals surface area (Å²) in [6.45, 7) is 14.1. The molecule has 0 radical (unpaired) electrons. The minimum atomic E-state index is -3.95. The van der Waals surface area contributed by atoms with Crippen molar-refractivity contribution >= 4 is 7.60 Å². The SMILES string of the molecule is CC(C)CC(C)(C)OC[C@H]1O[C@@H](c2cn(CCCN)c(=O)[nH]c2=O)[C@@H](OP(C)(=O)OC[C@H]2O[C@@H](c3cn(CCCN)c(=O)[nH]c3=O)[C@@H](C)C2O)C1C.